The molecule has 0 atom stereocenters. The van der Waals surface area contributed by atoms with Crippen molar-refractivity contribution < 1.29 is 4.79 Å². The fourth-order valence-electron chi connectivity index (χ4n) is 2.42. The Hall–Kier alpha value is -2.13. The van der Waals surface area contributed by atoms with Gasteiger partial charge in [0.2, 0.25) is 0 Å². The molecule has 0 N–H and O–H groups in total. The molecule has 0 unspecified atom stereocenters. The molecule has 0 fully saturated rings. The van der Waals surface area contributed by atoms with E-state index >= 15 is 0 Å². The van der Waals surface area contributed by atoms with E-state index in [9.17, 15) is 4.79 Å². The molecule has 0 radical (unpaired) electrons. The summed E-state index contributed by atoms with van der Waals surface area (Å²) in [6.45, 7) is 1.27. The zero-order valence-electron chi connectivity index (χ0n) is 11.5. The van der Waals surface area contributed by atoms with Crippen molar-refractivity contribution in [3.05, 3.63) is 70.7 Å². The summed E-state index contributed by atoms with van der Waals surface area (Å²) in [5.74, 6) is 0.735. The normalized spacial score (nSPS) is 14.1. The maximum atomic E-state index is 12.6. The number of halogens is 1. The Balaban J connectivity index is 1.81. The average Bonchev–Trinajstić information content (AvgIpc) is 2.96. The topological polar surface area (TPSA) is 32.7 Å². The van der Waals surface area contributed by atoms with Crippen LogP contribution in [0.3, 0.4) is 0 Å². The summed E-state index contributed by atoms with van der Waals surface area (Å²) in [5.41, 5.74) is 1.68. The lowest BCUT2D eigenvalue weighted by atomic mass is 10.1. The van der Waals surface area contributed by atoms with Crippen LogP contribution in [0.1, 0.15) is 15.9 Å². The summed E-state index contributed by atoms with van der Waals surface area (Å²) in [5, 5.41) is 0.480. The zero-order valence-corrected chi connectivity index (χ0v) is 12.3. The van der Waals surface area contributed by atoms with Gasteiger partial charge in [-0.05, 0) is 17.7 Å². The highest BCUT2D eigenvalue weighted by Gasteiger charge is 2.25. The monoisotopic (exact) mass is 298 g/mol. The maximum Gasteiger partial charge on any atom is 0.260 e. The van der Waals surface area contributed by atoms with E-state index in [2.05, 4.69) is 4.99 Å². The van der Waals surface area contributed by atoms with E-state index < -0.39 is 0 Å². The van der Waals surface area contributed by atoms with Crippen LogP contribution in [-0.2, 0) is 6.42 Å². The molecular formula is C17H15ClN2O. The zero-order chi connectivity index (χ0) is 14.7. The first-order valence-corrected chi connectivity index (χ1v) is 7.27. The van der Waals surface area contributed by atoms with Gasteiger partial charge in [-0.25, -0.2) is 0 Å². The van der Waals surface area contributed by atoms with Crippen LogP contribution in [0.15, 0.2) is 59.6 Å². The Morgan fingerprint density at radius 3 is 2.57 bits per heavy atom. The summed E-state index contributed by atoms with van der Waals surface area (Å²) < 4.78 is 0. The molecule has 0 saturated heterocycles. The summed E-state index contributed by atoms with van der Waals surface area (Å²) >= 11 is 6.12. The molecule has 1 aliphatic rings. The quantitative estimate of drug-likeness (QED) is 0.854. The minimum absolute atomic E-state index is 0.0761. The number of amidine groups is 1. The number of amides is 1. The molecule has 0 aliphatic carbocycles. The first-order chi connectivity index (χ1) is 10.3. The number of rotatable bonds is 3. The van der Waals surface area contributed by atoms with E-state index in [0.29, 0.717) is 30.1 Å². The highest BCUT2D eigenvalue weighted by molar-refractivity contribution is 6.34. The largest absolute Gasteiger partial charge is 0.294 e. The summed E-state index contributed by atoms with van der Waals surface area (Å²) in [6.07, 6.45) is 0.664. The van der Waals surface area contributed by atoms with Gasteiger partial charge in [0.15, 0.2) is 0 Å². The van der Waals surface area contributed by atoms with Crippen LogP contribution in [0.4, 0.5) is 0 Å². The van der Waals surface area contributed by atoms with Gasteiger partial charge < -0.3 is 0 Å². The van der Waals surface area contributed by atoms with Crippen molar-refractivity contribution in [2.75, 3.05) is 13.1 Å². The van der Waals surface area contributed by atoms with Crippen LogP contribution >= 0.6 is 11.6 Å². The van der Waals surface area contributed by atoms with E-state index in [4.69, 9.17) is 11.6 Å². The lowest BCUT2D eigenvalue weighted by Gasteiger charge is -2.19. The number of hydrogen-bond donors (Lipinski definition) is 0. The Labute approximate surface area is 128 Å². The standard InChI is InChI=1S/C17H15ClN2O/c18-15-9-5-4-8-14(15)17(21)20-11-10-19-16(20)12-13-6-2-1-3-7-13/h1-9H,10-12H2. The van der Waals surface area contributed by atoms with E-state index in [1.54, 1.807) is 17.0 Å². The molecule has 3 rings (SSSR count). The van der Waals surface area contributed by atoms with Crippen molar-refractivity contribution in [1.82, 2.24) is 4.90 Å². The fraction of sp³-hybridized carbons (Fsp3) is 0.176. The Morgan fingerprint density at radius 2 is 1.81 bits per heavy atom. The molecule has 0 saturated carbocycles. The summed E-state index contributed by atoms with van der Waals surface area (Å²) in [6, 6.07) is 17.2. The molecule has 1 aliphatic heterocycles. The molecule has 21 heavy (non-hydrogen) atoms. The van der Waals surface area contributed by atoms with Crippen molar-refractivity contribution in [1.29, 1.82) is 0 Å². The van der Waals surface area contributed by atoms with Crippen molar-refractivity contribution >= 4 is 23.3 Å². The maximum absolute atomic E-state index is 12.6. The van der Waals surface area contributed by atoms with Crippen LogP contribution in [0.2, 0.25) is 5.02 Å². The molecule has 4 heteroatoms. The second kappa shape index (κ2) is 6.10. The van der Waals surface area contributed by atoms with E-state index in [1.165, 1.54) is 0 Å². The molecular weight excluding hydrogens is 284 g/mol. The van der Waals surface area contributed by atoms with Gasteiger partial charge >= 0.3 is 0 Å². The fourth-order valence-corrected chi connectivity index (χ4v) is 2.64. The number of benzene rings is 2. The molecule has 1 heterocycles. The molecule has 0 spiro atoms. The average molecular weight is 299 g/mol. The molecule has 3 nitrogen and oxygen atoms in total. The number of aliphatic imine (C=N–C) groups is 1. The third-order valence-corrected chi connectivity index (χ3v) is 3.81. The van der Waals surface area contributed by atoms with Crippen molar-refractivity contribution in [3.63, 3.8) is 0 Å². The number of carbonyl (C=O) groups is 1. The molecule has 0 bridgehead atoms. The molecule has 2 aromatic carbocycles. The third kappa shape index (κ3) is 2.98. The lowest BCUT2D eigenvalue weighted by Crippen LogP contribution is -2.35. The highest BCUT2D eigenvalue weighted by atomic mass is 35.5. The summed E-state index contributed by atoms with van der Waals surface area (Å²) in [7, 11) is 0. The second-order valence-electron chi connectivity index (χ2n) is 4.90. The third-order valence-electron chi connectivity index (χ3n) is 3.48. The molecule has 1 amide bonds. The van der Waals surface area contributed by atoms with E-state index in [-0.39, 0.29) is 5.91 Å². The predicted octanol–water partition coefficient (Wildman–Crippen LogP) is 3.44. The molecule has 2 aromatic rings. The predicted molar refractivity (Wildman–Crippen MR) is 84.9 cm³/mol. The molecule has 0 aromatic heterocycles. The Morgan fingerprint density at radius 1 is 1.10 bits per heavy atom. The van der Waals surface area contributed by atoms with E-state index in [1.807, 2.05) is 42.5 Å². The lowest BCUT2D eigenvalue weighted by molar-refractivity contribution is 0.0856. The van der Waals surface area contributed by atoms with Crippen LogP contribution in [0.5, 0.6) is 0 Å². The minimum Gasteiger partial charge on any atom is -0.294 e. The van der Waals surface area contributed by atoms with Gasteiger partial charge in [0.05, 0.1) is 17.1 Å². The van der Waals surface area contributed by atoms with Crippen molar-refractivity contribution in [2.45, 2.75) is 6.42 Å². The van der Waals surface area contributed by atoms with Gasteiger partial charge in [0, 0.05) is 13.0 Å². The second-order valence-corrected chi connectivity index (χ2v) is 5.30. The number of carbonyl (C=O) groups excluding carboxylic acids is 1. The number of hydrogen-bond acceptors (Lipinski definition) is 2. The van der Waals surface area contributed by atoms with Crippen molar-refractivity contribution in [3.8, 4) is 0 Å². The SMILES string of the molecule is O=C(c1ccccc1Cl)N1CCN=C1Cc1ccccc1. The van der Waals surface area contributed by atoms with Crippen LogP contribution in [0.25, 0.3) is 0 Å². The van der Waals surface area contributed by atoms with Gasteiger partial charge in [-0.2, -0.15) is 0 Å². The highest BCUT2D eigenvalue weighted by Crippen LogP contribution is 2.19. The smallest absolute Gasteiger partial charge is 0.260 e. The van der Waals surface area contributed by atoms with Gasteiger partial charge in [0.25, 0.3) is 5.91 Å². The minimum atomic E-state index is -0.0761. The van der Waals surface area contributed by atoms with Gasteiger partial charge in [-0.15, -0.1) is 0 Å². The van der Waals surface area contributed by atoms with Gasteiger partial charge in [-0.1, -0.05) is 54.1 Å². The Bertz CT molecular complexity index is 682. The van der Waals surface area contributed by atoms with Crippen LogP contribution in [-0.4, -0.2) is 29.7 Å². The Kier molecular flexibility index (Phi) is 4.02. The first-order valence-electron chi connectivity index (χ1n) is 6.89. The van der Waals surface area contributed by atoms with Gasteiger partial charge in [0.1, 0.15) is 5.84 Å². The molecule has 106 valence electrons. The first kappa shape index (κ1) is 13.8. The van der Waals surface area contributed by atoms with Crippen LogP contribution < -0.4 is 0 Å². The van der Waals surface area contributed by atoms with Crippen LogP contribution in [0, 0.1) is 0 Å². The van der Waals surface area contributed by atoms with Crippen molar-refractivity contribution in [2.24, 2.45) is 4.99 Å². The number of nitrogens with zero attached hydrogens (tertiary/aromatic N) is 2. The van der Waals surface area contributed by atoms with E-state index in [0.717, 1.165) is 11.4 Å². The summed E-state index contributed by atoms with van der Waals surface area (Å²) in [4.78, 5) is 18.8. The van der Waals surface area contributed by atoms with Gasteiger partial charge in [-0.3, -0.25) is 14.7 Å².